The highest BCUT2D eigenvalue weighted by Gasteiger charge is 2.37. The molecule has 206 valence electrons. The summed E-state index contributed by atoms with van der Waals surface area (Å²) in [6.07, 6.45) is 14.9. The summed E-state index contributed by atoms with van der Waals surface area (Å²) in [5.41, 5.74) is 5.81. The SMILES string of the molecule is C1=CC2Oc3ccc(-n4c5c(c6ccccc64)CCC=C5)nc3N(c3cccc(-c4cccc5ccccc45)n3)C2C=C1. The van der Waals surface area contributed by atoms with Crippen molar-refractivity contribution in [1.82, 2.24) is 14.5 Å². The molecule has 2 unspecified atom stereocenters. The number of aromatic nitrogens is 3. The van der Waals surface area contributed by atoms with Crippen LogP contribution in [0.3, 0.4) is 0 Å². The average molecular weight is 557 g/mol. The van der Waals surface area contributed by atoms with Crippen molar-refractivity contribution in [3.63, 3.8) is 0 Å². The summed E-state index contributed by atoms with van der Waals surface area (Å²) in [6.45, 7) is 0. The predicted molar refractivity (Wildman–Crippen MR) is 174 cm³/mol. The van der Waals surface area contributed by atoms with E-state index in [2.05, 4.69) is 143 Å². The van der Waals surface area contributed by atoms with Crippen LogP contribution < -0.4 is 9.64 Å². The molecule has 0 N–H and O–H groups in total. The molecule has 43 heavy (non-hydrogen) atoms. The van der Waals surface area contributed by atoms with Crippen LogP contribution in [0.15, 0.2) is 127 Å². The molecule has 0 spiro atoms. The van der Waals surface area contributed by atoms with Crippen LogP contribution in [0.2, 0.25) is 0 Å². The fourth-order valence-corrected chi connectivity index (χ4v) is 6.87. The summed E-state index contributed by atoms with van der Waals surface area (Å²) in [7, 11) is 0. The van der Waals surface area contributed by atoms with Crippen LogP contribution in [0, 0.1) is 0 Å². The molecule has 3 aromatic carbocycles. The van der Waals surface area contributed by atoms with Gasteiger partial charge in [-0.3, -0.25) is 9.47 Å². The third kappa shape index (κ3) is 3.78. The quantitative estimate of drug-likeness (QED) is 0.219. The zero-order valence-corrected chi connectivity index (χ0v) is 23.5. The molecular formula is C38H28N4O. The Labute approximate surface area is 249 Å². The molecule has 1 aliphatic heterocycles. The molecule has 3 aliphatic rings. The molecular weight excluding hydrogens is 528 g/mol. The number of allylic oxidation sites excluding steroid dienone is 3. The number of para-hydroxylation sites is 1. The Morgan fingerprint density at radius 2 is 1.56 bits per heavy atom. The van der Waals surface area contributed by atoms with Crippen molar-refractivity contribution in [3.05, 3.63) is 139 Å². The number of aryl methyl sites for hydroxylation is 1. The Kier molecular flexibility index (Phi) is 5.38. The van der Waals surface area contributed by atoms with Gasteiger partial charge < -0.3 is 4.74 Å². The van der Waals surface area contributed by atoms with Gasteiger partial charge in [0, 0.05) is 10.9 Å². The summed E-state index contributed by atoms with van der Waals surface area (Å²) in [5.74, 6) is 3.24. The first-order valence-electron chi connectivity index (χ1n) is 14.9. The molecule has 0 radical (unpaired) electrons. The number of ether oxygens (including phenoxy) is 1. The van der Waals surface area contributed by atoms with E-state index < -0.39 is 0 Å². The van der Waals surface area contributed by atoms with E-state index in [0.717, 1.165) is 47.3 Å². The standard InChI is InChI=1S/C38H28N4O/c1-2-13-26-25(11-1)12-9-16-27(26)30-17-10-22-36(39-30)42-33-20-7-8-21-34(33)43-35-23-24-37(40-38(35)42)41-31-18-5-3-14-28(31)29-15-4-6-19-32(29)41/h1-3,5-14,16-24,33-34H,4,15H2. The molecule has 9 rings (SSSR count). The lowest BCUT2D eigenvalue weighted by atomic mass is 10.0. The van der Waals surface area contributed by atoms with Crippen LogP contribution in [0.1, 0.15) is 17.7 Å². The first kappa shape index (κ1) is 24.2. The number of pyridine rings is 2. The molecule has 5 heteroatoms. The average Bonchev–Trinajstić information content (AvgIpc) is 3.41. The third-order valence-electron chi connectivity index (χ3n) is 8.80. The van der Waals surface area contributed by atoms with Gasteiger partial charge in [-0.1, -0.05) is 91.0 Å². The van der Waals surface area contributed by atoms with Gasteiger partial charge in [-0.15, -0.1) is 0 Å². The van der Waals surface area contributed by atoms with Crippen molar-refractivity contribution in [1.29, 1.82) is 0 Å². The van der Waals surface area contributed by atoms with Gasteiger partial charge in [-0.25, -0.2) is 9.97 Å². The summed E-state index contributed by atoms with van der Waals surface area (Å²) in [5, 5.41) is 3.68. The van der Waals surface area contributed by atoms with Gasteiger partial charge in [0.1, 0.15) is 17.7 Å². The number of nitrogens with zero attached hydrogens (tertiary/aromatic N) is 4. The number of hydrogen-bond acceptors (Lipinski definition) is 4. The highest BCUT2D eigenvalue weighted by atomic mass is 16.5. The topological polar surface area (TPSA) is 43.2 Å². The molecule has 2 aliphatic carbocycles. The summed E-state index contributed by atoms with van der Waals surface area (Å²) >= 11 is 0. The lowest BCUT2D eigenvalue weighted by molar-refractivity contribution is 0.216. The number of anilines is 2. The number of benzene rings is 3. The minimum Gasteiger partial charge on any atom is -0.480 e. The molecule has 5 nitrogen and oxygen atoms in total. The maximum Gasteiger partial charge on any atom is 0.179 e. The van der Waals surface area contributed by atoms with Crippen LogP contribution in [0.4, 0.5) is 11.6 Å². The van der Waals surface area contributed by atoms with E-state index in [-0.39, 0.29) is 12.1 Å². The minimum absolute atomic E-state index is 0.0780. The van der Waals surface area contributed by atoms with E-state index in [0.29, 0.717) is 0 Å². The lowest BCUT2D eigenvalue weighted by Gasteiger charge is -2.40. The summed E-state index contributed by atoms with van der Waals surface area (Å²) in [6, 6.07) is 33.9. The van der Waals surface area contributed by atoms with Crippen LogP contribution in [-0.2, 0) is 6.42 Å². The van der Waals surface area contributed by atoms with Crippen molar-refractivity contribution < 1.29 is 4.74 Å². The molecule has 3 aromatic heterocycles. The van der Waals surface area contributed by atoms with E-state index in [1.54, 1.807) is 0 Å². The third-order valence-corrected chi connectivity index (χ3v) is 8.80. The van der Waals surface area contributed by atoms with E-state index in [9.17, 15) is 0 Å². The van der Waals surface area contributed by atoms with E-state index >= 15 is 0 Å². The predicted octanol–water partition coefficient (Wildman–Crippen LogP) is 8.59. The largest absolute Gasteiger partial charge is 0.480 e. The number of fused-ring (bicyclic) bond motifs is 6. The molecule has 0 bridgehead atoms. The zero-order chi connectivity index (χ0) is 28.3. The normalized spacial score (nSPS) is 18.4. The molecule has 6 aromatic rings. The molecule has 2 atom stereocenters. The van der Waals surface area contributed by atoms with Gasteiger partial charge >= 0.3 is 0 Å². The zero-order valence-electron chi connectivity index (χ0n) is 23.5. The fourth-order valence-electron chi connectivity index (χ4n) is 6.87. The second-order valence-corrected chi connectivity index (χ2v) is 11.3. The monoisotopic (exact) mass is 556 g/mol. The number of hydrogen-bond donors (Lipinski definition) is 0. The van der Waals surface area contributed by atoms with Gasteiger partial charge in [-0.05, 0) is 71.7 Å². The fraction of sp³-hybridized carbons (Fsp3) is 0.105. The van der Waals surface area contributed by atoms with Crippen LogP contribution in [0.25, 0.3) is 44.8 Å². The van der Waals surface area contributed by atoms with Crippen molar-refractivity contribution in [2.24, 2.45) is 0 Å². The molecule has 0 saturated carbocycles. The smallest absolute Gasteiger partial charge is 0.179 e. The van der Waals surface area contributed by atoms with Crippen LogP contribution in [0.5, 0.6) is 5.75 Å². The minimum atomic E-state index is -0.142. The lowest BCUT2D eigenvalue weighted by Crippen LogP contribution is -2.47. The first-order chi connectivity index (χ1) is 21.3. The van der Waals surface area contributed by atoms with Gasteiger partial charge in [0.15, 0.2) is 11.6 Å². The van der Waals surface area contributed by atoms with Gasteiger partial charge in [0.25, 0.3) is 0 Å². The Morgan fingerprint density at radius 3 is 2.53 bits per heavy atom. The molecule has 0 amide bonds. The second-order valence-electron chi connectivity index (χ2n) is 11.3. The highest BCUT2D eigenvalue weighted by molar-refractivity contribution is 5.96. The van der Waals surface area contributed by atoms with Crippen LogP contribution in [-0.4, -0.2) is 26.7 Å². The summed E-state index contributed by atoms with van der Waals surface area (Å²) < 4.78 is 8.83. The Hall–Kier alpha value is -5.42. The van der Waals surface area contributed by atoms with Crippen molar-refractivity contribution >= 4 is 39.4 Å². The first-order valence-corrected chi connectivity index (χ1v) is 14.9. The number of rotatable bonds is 3. The van der Waals surface area contributed by atoms with E-state index in [1.165, 1.54) is 32.9 Å². The van der Waals surface area contributed by atoms with Crippen molar-refractivity contribution in [3.8, 4) is 22.8 Å². The summed E-state index contributed by atoms with van der Waals surface area (Å²) in [4.78, 5) is 12.9. The van der Waals surface area contributed by atoms with Crippen molar-refractivity contribution in [2.45, 2.75) is 25.0 Å². The molecule has 4 heterocycles. The maximum atomic E-state index is 6.54. The molecule has 0 saturated heterocycles. The van der Waals surface area contributed by atoms with Gasteiger partial charge in [-0.2, -0.15) is 0 Å². The highest BCUT2D eigenvalue weighted by Crippen LogP contribution is 2.43. The van der Waals surface area contributed by atoms with Gasteiger partial charge in [0.2, 0.25) is 0 Å². The van der Waals surface area contributed by atoms with E-state index in [1.807, 2.05) is 0 Å². The maximum absolute atomic E-state index is 6.54. The Bertz CT molecular complexity index is 2150. The molecule has 0 fully saturated rings. The van der Waals surface area contributed by atoms with Crippen LogP contribution >= 0.6 is 0 Å². The van der Waals surface area contributed by atoms with E-state index in [4.69, 9.17) is 14.7 Å². The Morgan fingerprint density at radius 1 is 0.721 bits per heavy atom. The van der Waals surface area contributed by atoms with Gasteiger partial charge in [0.05, 0.1) is 22.9 Å². The Balaban J connectivity index is 1.23. The van der Waals surface area contributed by atoms with Crippen molar-refractivity contribution in [2.75, 3.05) is 4.90 Å². The second kappa shape index (κ2) is 9.57.